The quantitative estimate of drug-likeness (QED) is 0.458. The first kappa shape index (κ1) is 16.7. The predicted octanol–water partition coefficient (Wildman–Crippen LogP) is 3.44. The summed E-state index contributed by atoms with van der Waals surface area (Å²) in [5, 5.41) is 2.89. The number of nitrogens with zero attached hydrogens (tertiary/aromatic N) is 1. The molecule has 1 amide bonds. The fourth-order valence-corrected chi connectivity index (χ4v) is 2.52. The van der Waals surface area contributed by atoms with E-state index in [9.17, 15) is 9.59 Å². The first-order valence-electron chi connectivity index (χ1n) is 6.30. The highest BCUT2D eigenvalue weighted by molar-refractivity contribution is 14.1. The normalized spacial score (nSPS) is 10.1. The van der Waals surface area contributed by atoms with Crippen LogP contribution in [-0.2, 0) is 9.53 Å². The Hall–Kier alpha value is -1.67. The zero-order valence-electron chi connectivity index (χ0n) is 11.6. The minimum absolute atomic E-state index is 0.188. The average Bonchev–Trinajstić information content (AvgIpc) is 2.47. The van der Waals surface area contributed by atoms with Gasteiger partial charge in [-0.15, -0.1) is 0 Å². The highest BCUT2D eigenvalue weighted by Gasteiger charge is 2.11. The van der Waals surface area contributed by atoms with Gasteiger partial charge in [0.05, 0.1) is 5.56 Å². The van der Waals surface area contributed by atoms with E-state index in [1.165, 1.54) is 18.3 Å². The maximum atomic E-state index is 11.8. The lowest BCUT2D eigenvalue weighted by Gasteiger charge is -2.09. The maximum absolute atomic E-state index is 11.8. The van der Waals surface area contributed by atoms with Crippen molar-refractivity contribution >= 4 is 51.8 Å². The lowest BCUT2D eigenvalue weighted by Crippen LogP contribution is -2.21. The highest BCUT2D eigenvalue weighted by Crippen LogP contribution is 2.17. The van der Waals surface area contributed by atoms with E-state index in [0.717, 1.165) is 9.13 Å². The van der Waals surface area contributed by atoms with Crippen LogP contribution in [0.25, 0.3) is 0 Å². The van der Waals surface area contributed by atoms with Gasteiger partial charge >= 0.3 is 5.97 Å². The number of ether oxygens (including phenoxy) is 1. The number of benzene rings is 1. The molecule has 5 nitrogen and oxygen atoms in total. The van der Waals surface area contributed by atoms with Crippen molar-refractivity contribution in [1.29, 1.82) is 0 Å². The van der Waals surface area contributed by atoms with Gasteiger partial charge in [0.25, 0.3) is 5.91 Å². The van der Waals surface area contributed by atoms with Crippen LogP contribution in [0.3, 0.4) is 0 Å². The van der Waals surface area contributed by atoms with Crippen molar-refractivity contribution in [2.75, 3.05) is 11.9 Å². The van der Waals surface area contributed by atoms with Gasteiger partial charge in [0.1, 0.15) is 5.15 Å². The van der Waals surface area contributed by atoms with E-state index in [1.807, 2.05) is 19.1 Å². The minimum Gasteiger partial charge on any atom is -0.452 e. The highest BCUT2D eigenvalue weighted by atomic mass is 127. The summed E-state index contributed by atoms with van der Waals surface area (Å²) in [7, 11) is 0. The molecule has 1 aromatic carbocycles. The summed E-state index contributed by atoms with van der Waals surface area (Å²) in [5.74, 6) is -1.03. The molecule has 0 saturated carbocycles. The summed E-state index contributed by atoms with van der Waals surface area (Å²) in [6.07, 6.45) is 1.40. The number of carbonyl (C=O) groups excluding carboxylic acids is 2. The zero-order valence-corrected chi connectivity index (χ0v) is 14.5. The standard InChI is InChI=1S/C15H12ClIN2O3/c1-9-6-11(17)2-3-12(9)19-14(20)8-22-15(21)10-4-5-18-13(16)7-10/h2-7H,8H2,1H3,(H,19,20). The van der Waals surface area contributed by atoms with Gasteiger partial charge < -0.3 is 10.1 Å². The molecule has 114 valence electrons. The lowest BCUT2D eigenvalue weighted by atomic mass is 10.2. The van der Waals surface area contributed by atoms with Gasteiger partial charge in [-0.1, -0.05) is 11.6 Å². The van der Waals surface area contributed by atoms with Crippen LogP contribution < -0.4 is 5.32 Å². The molecule has 2 rings (SSSR count). The number of halogens is 2. The van der Waals surface area contributed by atoms with E-state index in [4.69, 9.17) is 16.3 Å². The molecule has 0 aliphatic carbocycles. The van der Waals surface area contributed by atoms with Crippen LogP contribution in [0.4, 0.5) is 5.69 Å². The van der Waals surface area contributed by atoms with Crippen LogP contribution in [0.2, 0.25) is 5.15 Å². The molecule has 2 aromatic rings. The second kappa shape index (κ2) is 7.55. The molecular weight excluding hydrogens is 419 g/mol. The van der Waals surface area contributed by atoms with Crippen LogP contribution in [0.5, 0.6) is 0 Å². The Morgan fingerprint density at radius 1 is 1.32 bits per heavy atom. The molecule has 22 heavy (non-hydrogen) atoms. The molecule has 0 unspecified atom stereocenters. The van der Waals surface area contributed by atoms with Gasteiger partial charge in [-0.05, 0) is 65.4 Å². The minimum atomic E-state index is -0.626. The Morgan fingerprint density at radius 3 is 2.77 bits per heavy atom. The summed E-state index contributed by atoms with van der Waals surface area (Å²) in [5.41, 5.74) is 1.87. The molecule has 0 aliphatic rings. The molecule has 1 N–H and O–H groups in total. The number of anilines is 1. The summed E-state index contributed by atoms with van der Waals surface area (Å²) in [4.78, 5) is 27.4. The molecule has 1 aromatic heterocycles. The number of amides is 1. The molecule has 0 spiro atoms. The van der Waals surface area contributed by atoms with Gasteiger partial charge in [-0.25, -0.2) is 9.78 Å². The summed E-state index contributed by atoms with van der Waals surface area (Å²) in [6, 6.07) is 8.48. The maximum Gasteiger partial charge on any atom is 0.338 e. The molecule has 0 atom stereocenters. The number of hydrogen-bond acceptors (Lipinski definition) is 4. The summed E-state index contributed by atoms with van der Waals surface area (Å²) >= 11 is 7.88. The molecule has 0 aliphatic heterocycles. The van der Waals surface area contributed by atoms with Crippen molar-refractivity contribution in [1.82, 2.24) is 4.98 Å². The molecule has 0 saturated heterocycles. The number of rotatable bonds is 4. The smallest absolute Gasteiger partial charge is 0.338 e. The number of nitrogens with one attached hydrogen (secondary N) is 1. The number of pyridine rings is 1. The first-order chi connectivity index (χ1) is 10.5. The number of esters is 1. The van der Waals surface area contributed by atoms with Crippen LogP contribution in [0.1, 0.15) is 15.9 Å². The van der Waals surface area contributed by atoms with E-state index in [0.29, 0.717) is 5.69 Å². The topological polar surface area (TPSA) is 68.3 Å². The van der Waals surface area contributed by atoms with Crippen LogP contribution >= 0.6 is 34.2 Å². The van der Waals surface area contributed by atoms with Crippen LogP contribution in [0, 0.1) is 10.5 Å². The average molecular weight is 431 g/mol. The monoisotopic (exact) mass is 430 g/mol. The van der Waals surface area contributed by atoms with Crippen molar-refractivity contribution in [3.8, 4) is 0 Å². The molecular formula is C15H12ClIN2O3. The third kappa shape index (κ3) is 4.67. The second-order valence-corrected chi connectivity index (χ2v) is 6.08. The Bertz CT molecular complexity index is 722. The third-order valence-electron chi connectivity index (χ3n) is 2.76. The fraction of sp³-hybridized carbons (Fsp3) is 0.133. The van der Waals surface area contributed by atoms with Crippen molar-refractivity contribution in [2.24, 2.45) is 0 Å². The van der Waals surface area contributed by atoms with Crippen molar-refractivity contribution in [3.05, 3.63) is 56.4 Å². The molecule has 1 heterocycles. The van der Waals surface area contributed by atoms with E-state index in [1.54, 1.807) is 6.07 Å². The number of aryl methyl sites for hydroxylation is 1. The van der Waals surface area contributed by atoms with Gasteiger partial charge in [-0.2, -0.15) is 0 Å². The largest absolute Gasteiger partial charge is 0.452 e. The second-order valence-electron chi connectivity index (χ2n) is 4.45. The van der Waals surface area contributed by atoms with Crippen LogP contribution in [-0.4, -0.2) is 23.5 Å². The first-order valence-corrected chi connectivity index (χ1v) is 7.76. The van der Waals surface area contributed by atoms with Crippen LogP contribution in [0.15, 0.2) is 36.5 Å². The number of hydrogen-bond donors (Lipinski definition) is 1. The lowest BCUT2D eigenvalue weighted by molar-refractivity contribution is -0.119. The predicted molar refractivity (Wildman–Crippen MR) is 92.1 cm³/mol. The SMILES string of the molecule is Cc1cc(I)ccc1NC(=O)COC(=O)c1ccnc(Cl)c1. The van der Waals surface area contributed by atoms with Crippen molar-refractivity contribution in [2.45, 2.75) is 6.92 Å². The van der Waals surface area contributed by atoms with Crippen molar-refractivity contribution < 1.29 is 14.3 Å². The molecule has 0 radical (unpaired) electrons. The Balaban J connectivity index is 1.91. The van der Waals surface area contributed by atoms with Gasteiger partial charge in [0.15, 0.2) is 6.61 Å². The summed E-state index contributed by atoms with van der Waals surface area (Å²) < 4.78 is 6.02. The summed E-state index contributed by atoms with van der Waals surface area (Å²) in [6.45, 7) is 1.52. The number of aromatic nitrogens is 1. The fourth-order valence-electron chi connectivity index (χ4n) is 1.70. The zero-order chi connectivity index (χ0) is 16.1. The number of carbonyl (C=O) groups is 2. The Morgan fingerprint density at radius 2 is 2.09 bits per heavy atom. The van der Waals surface area contributed by atoms with Gasteiger partial charge in [0.2, 0.25) is 0 Å². The third-order valence-corrected chi connectivity index (χ3v) is 3.64. The van der Waals surface area contributed by atoms with Crippen molar-refractivity contribution in [3.63, 3.8) is 0 Å². The van der Waals surface area contributed by atoms with E-state index in [-0.39, 0.29) is 17.3 Å². The Labute approximate surface area is 146 Å². The Kier molecular flexibility index (Phi) is 5.73. The van der Waals surface area contributed by atoms with E-state index >= 15 is 0 Å². The molecule has 0 fully saturated rings. The van der Waals surface area contributed by atoms with E-state index in [2.05, 4.69) is 32.9 Å². The van der Waals surface area contributed by atoms with Gasteiger partial charge in [-0.3, -0.25) is 4.79 Å². The molecule has 0 bridgehead atoms. The van der Waals surface area contributed by atoms with Gasteiger partial charge in [0, 0.05) is 15.5 Å². The van der Waals surface area contributed by atoms with E-state index < -0.39 is 11.9 Å². The molecule has 7 heteroatoms.